The van der Waals surface area contributed by atoms with Crippen LogP contribution in [0.4, 0.5) is 5.82 Å². The van der Waals surface area contributed by atoms with E-state index in [4.69, 9.17) is 18.9 Å². The number of nitrogens with zero attached hydrogens (tertiary/aromatic N) is 2. The van der Waals surface area contributed by atoms with Crippen LogP contribution in [0.1, 0.15) is 12.5 Å². The Bertz CT molecular complexity index is 985. The maximum Gasteiger partial charge on any atom is 0.266 e. The Morgan fingerprint density at radius 1 is 0.967 bits per heavy atom. The second-order valence-electron chi connectivity index (χ2n) is 6.48. The second-order valence-corrected chi connectivity index (χ2v) is 6.48. The van der Waals surface area contributed by atoms with Crippen molar-refractivity contribution in [1.29, 1.82) is 0 Å². The van der Waals surface area contributed by atoms with E-state index < -0.39 is 6.10 Å². The van der Waals surface area contributed by atoms with Crippen molar-refractivity contribution in [3.63, 3.8) is 0 Å². The summed E-state index contributed by atoms with van der Waals surface area (Å²) in [5, 5.41) is 7.17. The number of carbonyl (C=O) groups is 1. The molecule has 1 aromatic heterocycles. The average Bonchev–Trinajstić information content (AvgIpc) is 3.20. The third kappa shape index (κ3) is 5.02. The van der Waals surface area contributed by atoms with Gasteiger partial charge in [-0.2, -0.15) is 5.10 Å². The maximum atomic E-state index is 12.6. The maximum absolute atomic E-state index is 12.6. The van der Waals surface area contributed by atoms with Gasteiger partial charge in [-0.05, 0) is 43.3 Å². The number of anilines is 1. The Hall–Kier alpha value is -3.68. The molecule has 3 aromatic rings. The highest BCUT2D eigenvalue weighted by molar-refractivity contribution is 5.93. The van der Waals surface area contributed by atoms with Crippen molar-refractivity contribution < 1.29 is 23.7 Å². The Morgan fingerprint density at radius 2 is 1.63 bits per heavy atom. The van der Waals surface area contributed by atoms with E-state index in [9.17, 15) is 4.79 Å². The molecule has 0 spiro atoms. The van der Waals surface area contributed by atoms with Gasteiger partial charge in [-0.25, -0.2) is 4.68 Å². The Balaban J connectivity index is 1.66. The van der Waals surface area contributed by atoms with Crippen molar-refractivity contribution in [3.8, 4) is 23.0 Å². The molecule has 8 nitrogen and oxygen atoms in total. The van der Waals surface area contributed by atoms with Crippen LogP contribution in [0.3, 0.4) is 0 Å². The van der Waals surface area contributed by atoms with Gasteiger partial charge in [-0.1, -0.05) is 0 Å². The molecule has 158 valence electrons. The number of rotatable bonds is 9. The number of nitrogens with one attached hydrogen (secondary N) is 1. The summed E-state index contributed by atoms with van der Waals surface area (Å²) in [6.45, 7) is 2.11. The smallest absolute Gasteiger partial charge is 0.266 e. The number of carbonyl (C=O) groups excluding carboxylic acids is 1. The van der Waals surface area contributed by atoms with Crippen LogP contribution >= 0.6 is 0 Å². The van der Waals surface area contributed by atoms with Crippen LogP contribution in [-0.4, -0.2) is 43.1 Å². The zero-order valence-corrected chi connectivity index (χ0v) is 17.4. The molecule has 0 aliphatic carbocycles. The van der Waals surface area contributed by atoms with E-state index in [-0.39, 0.29) is 5.91 Å². The molecule has 2 aromatic carbocycles. The number of hydrogen-bond donors (Lipinski definition) is 1. The van der Waals surface area contributed by atoms with Gasteiger partial charge in [0.1, 0.15) is 28.8 Å². The largest absolute Gasteiger partial charge is 0.497 e. The third-order valence-electron chi connectivity index (χ3n) is 4.52. The second kappa shape index (κ2) is 9.69. The number of amides is 1. The molecule has 0 bridgehead atoms. The van der Waals surface area contributed by atoms with Gasteiger partial charge in [0.25, 0.3) is 5.91 Å². The van der Waals surface area contributed by atoms with Crippen LogP contribution in [0.5, 0.6) is 23.0 Å². The minimum absolute atomic E-state index is 0.283. The van der Waals surface area contributed by atoms with Gasteiger partial charge in [0.15, 0.2) is 6.10 Å². The zero-order valence-electron chi connectivity index (χ0n) is 17.4. The van der Waals surface area contributed by atoms with E-state index >= 15 is 0 Å². The lowest BCUT2D eigenvalue weighted by Crippen LogP contribution is -2.31. The number of benzene rings is 2. The van der Waals surface area contributed by atoms with E-state index in [0.29, 0.717) is 29.6 Å². The van der Waals surface area contributed by atoms with Gasteiger partial charge in [-0.3, -0.25) is 4.79 Å². The normalized spacial score (nSPS) is 11.5. The summed E-state index contributed by atoms with van der Waals surface area (Å²) >= 11 is 0. The molecule has 0 aliphatic heterocycles. The summed E-state index contributed by atoms with van der Waals surface area (Å²) in [4.78, 5) is 12.6. The van der Waals surface area contributed by atoms with Gasteiger partial charge < -0.3 is 24.3 Å². The Labute approximate surface area is 175 Å². The van der Waals surface area contributed by atoms with Crippen molar-refractivity contribution in [2.75, 3.05) is 26.6 Å². The van der Waals surface area contributed by atoms with E-state index in [1.165, 1.54) is 0 Å². The summed E-state index contributed by atoms with van der Waals surface area (Å²) in [7, 11) is 4.80. The highest BCUT2D eigenvalue weighted by Crippen LogP contribution is 2.26. The van der Waals surface area contributed by atoms with Gasteiger partial charge in [0.2, 0.25) is 0 Å². The van der Waals surface area contributed by atoms with E-state index in [0.717, 1.165) is 11.3 Å². The summed E-state index contributed by atoms with van der Waals surface area (Å²) in [6, 6.07) is 14.3. The fourth-order valence-corrected chi connectivity index (χ4v) is 2.85. The number of methoxy groups -OCH3 is 3. The predicted octanol–water partition coefficient (Wildman–Crippen LogP) is 3.36. The lowest BCUT2D eigenvalue weighted by Gasteiger charge is -2.16. The summed E-state index contributed by atoms with van der Waals surface area (Å²) in [5.74, 6) is 2.96. The first kappa shape index (κ1) is 21.0. The molecule has 1 heterocycles. The van der Waals surface area contributed by atoms with Gasteiger partial charge in [-0.15, -0.1) is 0 Å². The molecule has 3 rings (SSSR count). The van der Waals surface area contributed by atoms with Crippen molar-refractivity contribution in [2.24, 2.45) is 0 Å². The van der Waals surface area contributed by atoms with Crippen LogP contribution in [-0.2, 0) is 11.3 Å². The molecule has 1 N–H and O–H groups in total. The Morgan fingerprint density at radius 3 is 2.30 bits per heavy atom. The summed E-state index contributed by atoms with van der Waals surface area (Å²) in [5.41, 5.74) is 0.903. The molecule has 0 fully saturated rings. The molecule has 0 saturated heterocycles. The highest BCUT2D eigenvalue weighted by atomic mass is 16.5. The third-order valence-corrected chi connectivity index (χ3v) is 4.52. The van der Waals surface area contributed by atoms with E-state index in [2.05, 4.69) is 10.4 Å². The van der Waals surface area contributed by atoms with Crippen LogP contribution in [0.25, 0.3) is 0 Å². The van der Waals surface area contributed by atoms with E-state index in [1.54, 1.807) is 69.5 Å². The first-order chi connectivity index (χ1) is 14.5. The zero-order chi connectivity index (χ0) is 21.5. The van der Waals surface area contributed by atoms with E-state index in [1.807, 2.05) is 18.2 Å². The molecular formula is C22H25N3O5. The number of hydrogen-bond acceptors (Lipinski definition) is 6. The molecule has 8 heteroatoms. The van der Waals surface area contributed by atoms with Crippen molar-refractivity contribution >= 4 is 11.7 Å². The first-order valence-corrected chi connectivity index (χ1v) is 9.38. The average molecular weight is 411 g/mol. The van der Waals surface area contributed by atoms with Crippen molar-refractivity contribution in [1.82, 2.24) is 9.78 Å². The van der Waals surface area contributed by atoms with Crippen LogP contribution in [0.2, 0.25) is 0 Å². The lowest BCUT2D eigenvalue weighted by molar-refractivity contribution is -0.122. The molecular weight excluding hydrogens is 386 g/mol. The SMILES string of the molecule is COc1ccc(O[C@@H](C)C(=O)Nc2ccnn2Cc2ccc(OC)cc2OC)cc1. The fourth-order valence-electron chi connectivity index (χ4n) is 2.85. The molecule has 1 amide bonds. The minimum Gasteiger partial charge on any atom is -0.497 e. The van der Waals surface area contributed by atoms with Crippen molar-refractivity contribution in [3.05, 3.63) is 60.3 Å². The quantitative estimate of drug-likeness (QED) is 0.581. The molecule has 30 heavy (non-hydrogen) atoms. The standard InChI is InChI=1S/C22H25N3O5/c1-15(30-18-9-7-17(27-2)8-10-18)22(26)24-21-11-12-23-25(21)14-16-5-6-19(28-3)13-20(16)29-4/h5-13,15H,14H2,1-4H3,(H,24,26)/t15-/m0/s1. The topological polar surface area (TPSA) is 83.8 Å². The van der Waals surface area contributed by atoms with Crippen LogP contribution in [0, 0.1) is 0 Å². The molecule has 0 unspecified atom stereocenters. The molecule has 1 atom stereocenters. The Kier molecular flexibility index (Phi) is 6.79. The first-order valence-electron chi connectivity index (χ1n) is 9.38. The molecule has 0 aliphatic rings. The summed E-state index contributed by atoms with van der Waals surface area (Å²) < 4.78 is 23.2. The van der Waals surface area contributed by atoms with Gasteiger partial charge in [0.05, 0.1) is 34.1 Å². The van der Waals surface area contributed by atoms with Gasteiger partial charge in [0, 0.05) is 17.7 Å². The summed E-state index contributed by atoms with van der Waals surface area (Å²) in [6.07, 6.45) is 0.929. The monoisotopic (exact) mass is 411 g/mol. The lowest BCUT2D eigenvalue weighted by atomic mass is 10.2. The number of aromatic nitrogens is 2. The number of ether oxygens (including phenoxy) is 4. The van der Waals surface area contributed by atoms with Gasteiger partial charge >= 0.3 is 0 Å². The molecule has 0 radical (unpaired) electrons. The fraction of sp³-hybridized carbons (Fsp3) is 0.273. The van der Waals surface area contributed by atoms with Crippen LogP contribution in [0.15, 0.2) is 54.7 Å². The van der Waals surface area contributed by atoms with Crippen molar-refractivity contribution in [2.45, 2.75) is 19.6 Å². The highest BCUT2D eigenvalue weighted by Gasteiger charge is 2.17. The molecule has 0 saturated carbocycles. The minimum atomic E-state index is -0.697. The van der Waals surface area contributed by atoms with Crippen LogP contribution < -0.4 is 24.3 Å². The predicted molar refractivity (Wildman–Crippen MR) is 113 cm³/mol.